The molecule has 0 unspecified atom stereocenters. The molecule has 0 aliphatic carbocycles. The molecule has 0 N–H and O–H groups in total. The van der Waals surface area contributed by atoms with E-state index < -0.39 is 0 Å². The maximum Gasteiger partial charge on any atom is 0.170 e. The molecule has 0 aliphatic heterocycles. The minimum atomic E-state index is -0.0364. The monoisotopic (exact) mass is 194 g/mol. The summed E-state index contributed by atoms with van der Waals surface area (Å²) in [5.74, 6) is 0. The minimum absolute atomic E-state index is 0.0364. The van der Waals surface area contributed by atoms with Gasteiger partial charge in [0.15, 0.2) is 11.7 Å². The summed E-state index contributed by atoms with van der Waals surface area (Å²) in [7, 11) is 0. The fourth-order valence-corrected chi connectivity index (χ4v) is 1.43. The van der Waals surface area contributed by atoms with Gasteiger partial charge >= 0.3 is 0 Å². The molecule has 0 amide bonds. The summed E-state index contributed by atoms with van der Waals surface area (Å²) in [6.45, 7) is 20.9. The summed E-state index contributed by atoms with van der Waals surface area (Å²) in [4.78, 5) is 0. The third kappa shape index (κ3) is 1.97. The van der Waals surface area contributed by atoms with Crippen molar-refractivity contribution < 1.29 is 4.58 Å². The van der Waals surface area contributed by atoms with Gasteiger partial charge in [-0.3, -0.25) is 0 Å². The second-order valence-corrected chi connectivity index (χ2v) is 4.81. The largest absolute Gasteiger partial charge is 0.207 e. The zero-order chi connectivity index (χ0) is 11.6. The predicted octanol–water partition coefficient (Wildman–Crippen LogP) is 3.61. The van der Waals surface area contributed by atoms with Gasteiger partial charge in [-0.25, -0.2) is 4.58 Å². The maximum atomic E-state index is 4.00. The van der Waals surface area contributed by atoms with Crippen molar-refractivity contribution in [2.24, 2.45) is 5.41 Å². The molecule has 0 bridgehead atoms. The van der Waals surface area contributed by atoms with Crippen LogP contribution in [0.15, 0.2) is 24.4 Å². The van der Waals surface area contributed by atoms with Crippen molar-refractivity contribution in [2.45, 2.75) is 47.1 Å². The van der Waals surface area contributed by atoms with E-state index in [1.54, 1.807) is 6.20 Å². The number of allylic oxidation sites excluding steroid dienone is 1. The van der Waals surface area contributed by atoms with Crippen LogP contribution in [-0.4, -0.2) is 16.8 Å². The van der Waals surface area contributed by atoms with Crippen molar-refractivity contribution in [3.05, 3.63) is 24.4 Å². The van der Waals surface area contributed by atoms with Crippen molar-refractivity contribution in [1.82, 2.24) is 0 Å². The van der Waals surface area contributed by atoms with E-state index in [-0.39, 0.29) is 11.0 Å². The van der Waals surface area contributed by atoms with Crippen molar-refractivity contribution in [2.75, 3.05) is 0 Å². The topological polar surface area (TPSA) is 3.01 Å². The highest BCUT2D eigenvalue weighted by atomic mass is 15.1. The summed E-state index contributed by atoms with van der Waals surface area (Å²) >= 11 is 0. The highest BCUT2D eigenvalue weighted by Gasteiger charge is 2.45. The molecule has 0 radical (unpaired) electrons. The summed E-state index contributed by atoms with van der Waals surface area (Å²) in [5.41, 5.74) is 1.42. The zero-order valence-electron chi connectivity index (χ0n) is 10.5. The van der Waals surface area contributed by atoms with Crippen LogP contribution < -0.4 is 0 Å². The van der Waals surface area contributed by atoms with Crippen molar-refractivity contribution in [3.8, 4) is 0 Å². The van der Waals surface area contributed by atoms with E-state index in [2.05, 4.69) is 60.9 Å². The van der Waals surface area contributed by atoms with E-state index in [0.717, 1.165) is 0 Å². The van der Waals surface area contributed by atoms with Crippen LogP contribution in [0, 0.1) is 5.41 Å². The molecule has 0 aromatic heterocycles. The second kappa shape index (κ2) is 4.12. The molecular weight excluding hydrogens is 170 g/mol. The summed E-state index contributed by atoms with van der Waals surface area (Å²) < 4.78 is 1.93. The van der Waals surface area contributed by atoms with Crippen LogP contribution in [0.1, 0.15) is 41.5 Å². The van der Waals surface area contributed by atoms with Crippen molar-refractivity contribution >= 4 is 6.72 Å². The Bertz CT molecular complexity index is 255. The van der Waals surface area contributed by atoms with Crippen LogP contribution in [-0.2, 0) is 0 Å². The first-order valence-electron chi connectivity index (χ1n) is 5.07. The second-order valence-electron chi connectivity index (χ2n) is 4.81. The predicted molar refractivity (Wildman–Crippen MR) is 64.9 cm³/mol. The van der Waals surface area contributed by atoms with E-state index in [9.17, 15) is 0 Å². The Morgan fingerprint density at radius 1 is 1.21 bits per heavy atom. The van der Waals surface area contributed by atoms with Gasteiger partial charge in [-0.2, -0.15) is 0 Å². The van der Waals surface area contributed by atoms with E-state index in [1.807, 2.05) is 4.58 Å². The molecule has 1 heteroatoms. The molecule has 80 valence electrons. The lowest BCUT2D eigenvalue weighted by Gasteiger charge is -2.38. The van der Waals surface area contributed by atoms with Gasteiger partial charge in [-0.1, -0.05) is 11.6 Å². The fourth-order valence-electron chi connectivity index (χ4n) is 1.43. The van der Waals surface area contributed by atoms with Gasteiger partial charge in [0.2, 0.25) is 0 Å². The Kier molecular flexibility index (Phi) is 3.87. The van der Waals surface area contributed by atoms with Crippen molar-refractivity contribution in [3.63, 3.8) is 0 Å². The lowest BCUT2D eigenvalue weighted by molar-refractivity contribution is -0.550. The lowest BCUT2D eigenvalue weighted by Crippen LogP contribution is -2.47. The van der Waals surface area contributed by atoms with Crippen LogP contribution >= 0.6 is 0 Å². The molecule has 0 fully saturated rings. The van der Waals surface area contributed by atoms with Gasteiger partial charge in [0.25, 0.3) is 0 Å². The molecule has 0 saturated carbocycles. The summed E-state index contributed by atoms with van der Waals surface area (Å²) in [6.07, 6.45) is 3.95. The highest BCUT2D eigenvalue weighted by Crippen LogP contribution is 2.39. The van der Waals surface area contributed by atoms with Gasteiger partial charge in [-0.05, 0) is 34.3 Å². The average Bonchev–Trinajstić information content (AvgIpc) is 2.14. The average molecular weight is 194 g/mol. The van der Waals surface area contributed by atoms with E-state index >= 15 is 0 Å². The summed E-state index contributed by atoms with van der Waals surface area (Å²) in [5, 5.41) is 0. The highest BCUT2D eigenvalue weighted by molar-refractivity contribution is 5.20. The van der Waals surface area contributed by atoms with Crippen molar-refractivity contribution in [1.29, 1.82) is 0 Å². The zero-order valence-corrected chi connectivity index (χ0v) is 10.5. The molecule has 0 spiro atoms. The molecular formula is C13H24N+. The van der Waals surface area contributed by atoms with Gasteiger partial charge in [0.05, 0.1) is 0 Å². The van der Waals surface area contributed by atoms with Gasteiger partial charge < -0.3 is 0 Å². The minimum Gasteiger partial charge on any atom is -0.207 e. The Balaban J connectivity index is 5.27. The Hall–Kier alpha value is -0.850. The molecule has 14 heavy (non-hydrogen) atoms. The number of nitrogens with zero attached hydrogens (tertiary/aromatic N) is 1. The van der Waals surface area contributed by atoms with Crippen LogP contribution in [0.5, 0.6) is 0 Å². The quantitative estimate of drug-likeness (QED) is 0.365. The first kappa shape index (κ1) is 13.2. The molecule has 0 atom stereocenters. The fraction of sp³-hybridized carbons (Fsp3) is 0.615. The van der Waals surface area contributed by atoms with E-state index in [4.69, 9.17) is 0 Å². The molecule has 0 aliphatic rings. The molecule has 0 aromatic rings. The van der Waals surface area contributed by atoms with E-state index in [0.29, 0.717) is 0 Å². The molecule has 0 aromatic carbocycles. The van der Waals surface area contributed by atoms with Gasteiger partial charge in [0, 0.05) is 19.3 Å². The van der Waals surface area contributed by atoms with Gasteiger partial charge in [0.1, 0.15) is 6.72 Å². The third-order valence-electron chi connectivity index (χ3n) is 3.89. The van der Waals surface area contributed by atoms with Crippen LogP contribution in [0.3, 0.4) is 0 Å². The molecule has 0 heterocycles. The number of hydrogen-bond acceptors (Lipinski definition) is 0. The SMILES string of the molecule is C=C[N+](=C)C(C)(C)C(C)(C)/C(C)=C/C. The summed E-state index contributed by atoms with van der Waals surface area (Å²) in [6, 6.07) is 0. The smallest absolute Gasteiger partial charge is 0.170 e. The normalized spacial score (nSPS) is 14.0. The first-order valence-corrected chi connectivity index (χ1v) is 5.07. The maximum absolute atomic E-state index is 4.00. The number of hydrogen-bond donors (Lipinski definition) is 0. The Morgan fingerprint density at radius 2 is 1.64 bits per heavy atom. The molecule has 0 saturated heterocycles. The Labute approximate surface area is 88.8 Å². The van der Waals surface area contributed by atoms with Crippen LogP contribution in [0.25, 0.3) is 0 Å². The third-order valence-corrected chi connectivity index (χ3v) is 3.89. The van der Waals surface area contributed by atoms with Gasteiger partial charge in [-0.15, -0.1) is 0 Å². The first-order chi connectivity index (χ1) is 6.21. The van der Waals surface area contributed by atoms with Crippen LogP contribution in [0.4, 0.5) is 0 Å². The Morgan fingerprint density at radius 3 is 1.93 bits per heavy atom. The number of rotatable bonds is 4. The van der Waals surface area contributed by atoms with E-state index in [1.165, 1.54) is 5.57 Å². The standard InChI is InChI=1S/C13H24N/c1-9-11(3)12(4,5)13(6,7)14(8)10-2/h9-10H,2,8H2,1,3-7H3/q+1/b11-9+. The lowest BCUT2D eigenvalue weighted by atomic mass is 9.69. The van der Waals surface area contributed by atoms with Crippen LogP contribution in [0.2, 0.25) is 0 Å². The molecule has 1 nitrogen and oxygen atoms in total. The molecule has 0 rings (SSSR count).